The Morgan fingerprint density at radius 3 is 2.58 bits per heavy atom. The summed E-state index contributed by atoms with van der Waals surface area (Å²) < 4.78 is 0. The SMILES string of the molecule is C=C(c1ccc(N2CCCCC2)cc1)N1CCc2[nH]c(C)nc2C1. The van der Waals surface area contributed by atoms with Gasteiger partial charge in [0.2, 0.25) is 0 Å². The van der Waals surface area contributed by atoms with Crippen LogP contribution in [0.2, 0.25) is 0 Å². The monoisotopic (exact) mass is 322 g/mol. The Labute approximate surface area is 144 Å². The molecule has 4 rings (SSSR count). The van der Waals surface area contributed by atoms with E-state index in [1.54, 1.807) is 0 Å². The Morgan fingerprint density at radius 1 is 1.08 bits per heavy atom. The molecule has 2 aliphatic rings. The van der Waals surface area contributed by atoms with E-state index >= 15 is 0 Å². The van der Waals surface area contributed by atoms with Crippen LogP contribution in [0.4, 0.5) is 5.69 Å². The van der Waals surface area contributed by atoms with Gasteiger partial charge in [0.1, 0.15) is 5.82 Å². The molecule has 0 radical (unpaired) electrons. The Bertz CT molecular complexity index is 723. The van der Waals surface area contributed by atoms with Crippen molar-refractivity contribution in [1.82, 2.24) is 14.9 Å². The van der Waals surface area contributed by atoms with E-state index in [0.717, 1.165) is 31.0 Å². The third-order valence-corrected chi connectivity index (χ3v) is 5.26. The van der Waals surface area contributed by atoms with Crippen LogP contribution < -0.4 is 4.90 Å². The van der Waals surface area contributed by atoms with Crippen molar-refractivity contribution >= 4 is 11.4 Å². The summed E-state index contributed by atoms with van der Waals surface area (Å²) in [5.74, 6) is 1.01. The van der Waals surface area contributed by atoms with Crippen molar-refractivity contribution in [3.63, 3.8) is 0 Å². The number of aromatic nitrogens is 2. The number of nitrogens with zero attached hydrogens (tertiary/aromatic N) is 3. The molecule has 2 aromatic rings. The lowest BCUT2D eigenvalue weighted by Gasteiger charge is -2.31. The normalized spacial score (nSPS) is 17.7. The first-order chi connectivity index (χ1) is 11.7. The van der Waals surface area contributed by atoms with Crippen LogP contribution in [0.5, 0.6) is 0 Å². The van der Waals surface area contributed by atoms with Gasteiger partial charge < -0.3 is 14.8 Å². The van der Waals surface area contributed by atoms with Crippen LogP contribution >= 0.6 is 0 Å². The fourth-order valence-corrected chi connectivity index (χ4v) is 3.86. The first kappa shape index (κ1) is 15.3. The van der Waals surface area contributed by atoms with Crippen LogP contribution in [0, 0.1) is 6.92 Å². The Balaban J connectivity index is 1.46. The van der Waals surface area contributed by atoms with Gasteiger partial charge in [0, 0.05) is 43.1 Å². The maximum absolute atomic E-state index is 4.61. The number of benzene rings is 1. The number of nitrogens with one attached hydrogen (secondary N) is 1. The first-order valence-electron chi connectivity index (χ1n) is 9.04. The first-order valence-corrected chi connectivity index (χ1v) is 9.04. The average Bonchev–Trinajstić information content (AvgIpc) is 3.01. The number of aromatic amines is 1. The highest BCUT2D eigenvalue weighted by Crippen LogP contribution is 2.27. The molecule has 4 nitrogen and oxygen atoms in total. The molecule has 1 fully saturated rings. The molecule has 0 amide bonds. The third-order valence-electron chi connectivity index (χ3n) is 5.26. The number of hydrogen-bond donors (Lipinski definition) is 1. The maximum atomic E-state index is 4.61. The van der Waals surface area contributed by atoms with E-state index in [4.69, 9.17) is 0 Å². The van der Waals surface area contributed by atoms with Crippen molar-refractivity contribution in [2.24, 2.45) is 0 Å². The molecular weight excluding hydrogens is 296 g/mol. The van der Waals surface area contributed by atoms with Crippen LogP contribution in [-0.4, -0.2) is 34.5 Å². The van der Waals surface area contributed by atoms with Gasteiger partial charge in [0.15, 0.2) is 0 Å². The molecule has 0 unspecified atom stereocenters. The van der Waals surface area contributed by atoms with Crippen LogP contribution in [-0.2, 0) is 13.0 Å². The van der Waals surface area contributed by atoms with E-state index < -0.39 is 0 Å². The summed E-state index contributed by atoms with van der Waals surface area (Å²) in [6.07, 6.45) is 5.01. The van der Waals surface area contributed by atoms with Crippen LogP contribution in [0.1, 0.15) is 42.0 Å². The zero-order valence-electron chi connectivity index (χ0n) is 14.5. The van der Waals surface area contributed by atoms with E-state index in [1.165, 1.54) is 55.0 Å². The van der Waals surface area contributed by atoms with E-state index in [1.807, 2.05) is 6.92 Å². The summed E-state index contributed by atoms with van der Waals surface area (Å²) >= 11 is 0. The van der Waals surface area contributed by atoms with Gasteiger partial charge in [-0.1, -0.05) is 18.7 Å². The summed E-state index contributed by atoms with van der Waals surface area (Å²) in [6.45, 7) is 10.6. The number of H-pyrrole nitrogens is 1. The standard InChI is InChI=1S/C20H26N4/c1-15(24-13-10-19-20(14-24)22-16(2)21-19)17-6-8-18(9-7-17)23-11-4-3-5-12-23/h6-9H,1,3-5,10-14H2,2H3,(H,21,22). The summed E-state index contributed by atoms with van der Waals surface area (Å²) in [5.41, 5.74) is 6.12. The lowest BCUT2D eigenvalue weighted by Crippen LogP contribution is -2.30. The van der Waals surface area contributed by atoms with Crippen LogP contribution in [0.15, 0.2) is 30.8 Å². The van der Waals surface area contributed by atoms with Gasteiger partial charge in [-0.05, 0) is 43.9 Å². The zero-order valence-corrected chi connectivity index (χ0v) is 14.5. The summed E-state index contributed by atoms with van der Waals surface area (Å²) in [5, 5.41) is 0. The molecule has 24 heavy (non-hydrogen) atoms. The number of imidazole rings is 1. The molecule has 0 aliphatic carbocycles. The van der Waals surface area contributed by atoms with Gasteiger partial charge in [-0.25, -0.2) is 4.98 Å². The average molecular weight is 322 g/mol. The quantitative estimate of drug-likeness (QED) is 0.935. The molecule has 4 heteroatoms. The van der Waals surface area contributed by atoms with Crippen molar-refractivity contribution in [3.05, 3.63) is 53.6 Å². The molecule has 126 valence electrons. The van der Waals surface area contributed by atoms with E-state index in [0.29, 0.717) is 0 Å². The lowest BCUT2D eigenvalue weighted by atomic mass is 10.1. The molecule has 0 bridgehead atoms. The number of aryl methyl sites for hydroxylation is 1. The number of rotatable bonds is 3. The van der Waals surface area contributed by atoms with Crippen molar-refractivity contribution in [2.45, 2.75) is 39.2 Å². The summed E-state index contributed by atoms with van der Waals surface area (Å²) in [4.78, 5) is 12.8. The summed E-state index contributed by atoms with van der Waals surface area (Å²) in [7, 11) is 0. The zero-order chi connectivity index (χ0) is 16.5. The molecule has 3 heterocycles. The predicted octanol–water partition coefficient (Wildman–Crippen LogP) is 3.74. The third kappa shape index (κ3) is 2.93. The fourth-order valence-electron chi connectivity index (χ4n) is 3.86. The smallest absolute Gasteiger partial charge is 0.103 e. The molecule has 1 aromatic carbocycles. The van der Waals surface area contributed by atoms with Crippen LogP contribution in [0.25, 0.3) is 5.70 Å². The highest BCUT2D eigenvalue weighted by molar-refractivity contribution is 5.65. The second kappa shape index (κ2) is 6.34. The molecule has 0 atom stereocenters. The van der Waals surface area contributed by atoms with Gasteiger partial charge >= 0.3 is 0 Å². The predicted molar refractivity (Wildman–Crippen MR) is 99.0 cm³/mol. The van der Waals surface area contributed by atoms with Crippen molar-refractivity contribution < 1.29 is 0 Å². The minimum Gasteiger partial charge on any atom is -0.372 e. The topological polar surface area (TPSA) is 35.2 Å². The van der Waals surface area contributed by atoms with E-state index in [9.17, 15) is 0 Å². The number of fused-ring (bicyclic) bond motifs is 1. The molecule has 1 saturated heterocycles. The van der Waals surface area contributed by atoms with E-state index in [2.05, 4.69) is 50.6 Å². The van der Waals surface area contributed by atoms with Crippen molar-refractivity contribution in [3.8, 4) is 0 Å². The molecule has 2 aliphatic heterocycles. The van der Waals surface area contributed by atoms with Crippen LogP contribution in [0.3, 0.4) is 0 Å². The lowest BCUT2D eigenvalue weighted by molar-refractivity contribution is 0.367. The highest BCUT2D eigenvalue weighted by Gasteiger charge is 2.21. The number of piperidine rings is 1. The Hall–Kier alpha value is -2.23. The molecule has 1 aromatic heterocycles. The van der Waals surface area contributed by atoms with Gasteiger partial charge in [-0.2, -0.15) is 0 Å². The summed E-state index contributed by atoms with van der Waals surface area (Å²) in [6, 6.07) is 8.94. The minimum atomic E-state index is 0.854. The van der Waals surface area contributed by atoms with Gasteiger partial charge in [-0.3, -0.25) is 0 Å². The van der Waals surface area contributed by atoms with Crippen molar-refractivity contribution in [1.29, 1.82) is 0 Å². The second-order valence-corrected chi connectivity index (χ2v) is 6.96. The Morgan fingerprint density at radius 2 is 1.83 bits per heavy atom. The van der Waals surface area contributed by atoms with Gasteiger partial charge in [0.25, 0.3) is 0 Å². The Kier molecular flexibility index (Phi) is 4.05. The largest absolute Gasteiger partial charge is 0.372 e. The number of anilines is 1. The van der Waals surface area contributed by atoms with Gasteiger partial charge in [0.05, 0.1) is 12.2 Å². The minimum absolute atomic E-state index is 0.854. The maximum Gasteiger partial charge on any atom is 0.103 e. The highest BCUT2D eigenvalue weighted by atomic mass is 15.2. The fraction of sp³-hybridized carbons (Fsp3) is 0.450. The molecule has 0 spiro atoms. The van der Waals surface area contributed by atoms with Crippen molar-refractivity contribution in [2.75, 3.05) is 24.5 Å². The van der Waals surface area contributed by atoms with E-state index in [-0.39, 0.29) is 0 Å². The second-order valence-electron chi connectivity index (χ2n) is 6.96. The molecular formula is C20H26N4. The molecule has 0 saturated carbocycles. The van der Waals surface area contributed by atoms with Gasteiger partial charge in [-0.15, -0.1) is 0 Å². The number of hydrogen-bond acceptors (Lipinski definition) is 3. The molecule has 1 N–H and O–H groups in total.